The van der Waals surface area contributed by atoms with Gasteiger partial charge in [-0.3, -0.25) is 9.78 Å². The van der Waals surface area contributed by atoms with E-state index in [1.165, 1.54) is 0 Å². The van der Waals surface area contributed by atoms with Crippen LogP contribution in [0.25, 0.3) is 6.08 Å². The van der Waals surface area contributed by atoms with E-state index in [-0.39, 0.29) is 17.9 Å². The van der Waals surface area contributed by atoms with Crippen LogP contribution in [-0.2, 0) is 9.53 Å². The van der Waals surface area contributed by atoms with Crippen LogP contribution in [0.5, 0.6) is 5.75 Å². The molecule has 1 amide bonds. The molecule has 1 aromatic rings. The van der Waals surface area contributed by atoms with Crippen molar-refractivity contribution < 1.29 is 14.3 Å². The van der Waals surface area contributed by atoms with Crippen molar-refractivity contribution in [2.45, 2.75) is 38.3 Å². The number of rotatable bonds is 7. The lowest BCUT2D eigenvalue weighted by molar-refractivity contribution is -0.147. The van der Waals surface area contributed by atoms with Gasteiger partial charge in [-0.2, -0.15) is 0 Å². The number of amides is 1. The summed E-state index contributed by atoms with van der Waals surface area (Å²) in [6, 6.07) is 2.45. The van der Waals surface area contributed by atoms with Crippen molar-refractivity contribution >= 4 is 12.0 Å². The molecular weight excluding hydrogens is 330 g/mol. The van der Waals surface area contributed by atoms with Crippen molar-refractivity contribution in [1.82, 2.24) is 15.2 Å². The van der Waals surface area contributed by atoms with E-state index in [1.54, 1.807) is 6.20 Å². The molecule has 26 heavy (non-hydrogen) atoms. The Kier molecular flexibility index (Phi) is 6.63. The van der Waals surface area contributed by atoms with Crippen molar-refractivity contribution in [3.63, 3.8) is 0 Å². The SMILES string of the molecule is CN[C@@H](C)C/C=C/c1cncc(OC2CN(C(=O)C3CCOCC3)C2)c1. The Hall–Kier alpha value is -1.92. The number of ether oxygens (including phenoxy) is 2. The molecule has 0 aromatic carbocycles. The Morgan fingerprint density at radius 3 is 2.92 bits per heavy atom. The zero-order chi connectivity index (χ0) is 18.4. The average Bonchev–Trinajstić information content (AvgIpc) is 2.64. The number of nitrogens with one attached hydrogen (secondary N) is 1. The number of likely N-dealkylation sites (tertiary alicyclic amines) is 1. The van der Waals surface area contributed by atoms with E-state index in [4.69, 9.17) is 9.47 Å². The smallest absolute Gasteiger partial charge is 0.226 e. The van der Waals surface area contributed by atoms with Gasteiger partial charge < -0.3 is 19.7 Å². The number of hydrogen-bond donors (Lipinski definition) is 1. The fourth-order valence-electron chi connectivity index (χ4n) is 3.21. The first-order valence-electron chi connectivity index (χ1n) is 9.47. The molecule has 2 aliphatic rings. The summed E-state index contributed by atoms with van der Waals surface area (Å²) in [6.07, 6.45) is 10.5. The molecule has 6 heteroatoms. The second-order valence-electron chi connectivity index (χ2n) is 7.15. The van der Waals surface area contributed by atoms with Gasteiger partial charge in [0.15, 0.2) is 0 Å². The fourth-order valence-corrected chi connectivity index (χ4v) is 3.21. The highest BCUT2D eigenvalue weighted by molar-refractivity contribution is 5.79. The molecule has 6 nitrogen and oxygen atoms in total. The summed E-state index contributed by atoms with van der Waals surface area (Å²) >= 11 is 0. The van der Waals surface area contributed by atoms with E-state index in [0.29, 0.717) is 32.3 Å². The van der Waals surface area contributed by atoms with Crippen LogP contribution < -0.4 is 10.1 Å². The largest absolute Gasteiger partial charge is 0.485 e. The van der Waals surface area contributed by atoms with Gasteiger partial charge in [-0.1, -0.05) is 12.2 Å². The molecule has 0 bridgehead atoms. The van der Waals surface area contributed by atoms with Gasteiger partial charge in [-0.25, -0.2) is 0 Å². The molecule has 2 fully saturated rings. The molecule has 3 rings (SSSR count). The minimum Gasteiger partial charge on any atom is -0.485 e. The molecule has 0 saturated carbocycles. The van der Waals surface area contributed by atoms with E-state index in [2.05, 4.69) is 29.4 Å². The first kappa shape index (κ1) is 18.9. The first-order chi connectivity index (χ1) is 12.7. The average molecular weight is 359 g/mol. The monoisotopic (exact) mass is 359 g/mol. The molecule has 1 aromatic heterocycles. The topological polar surface area (TPSA) is 63.7 Å². The minimum atomic E-state index is 0.0594. The Labute approximate surface area is 155 Å². The zero-order valence-electron chi connectivity index (χ0n) is 15.7. The predicted molar refractivity (Wildman–Crippen MR) is 101 cm³/mol. The lowest BCUT2D eigenvalue weighted by atomic mass is 9.96. The summed E-state index contributed by atoms with van der Waals surface area (Å²) < 4.78 is 11.3. The van der Waals surface area contributed by atoms with E-state index in [1.807, 2.05) is 24.2 Å². The van der Waals surface area contributed by atoms with Crippen molar-refractivity contribution in [3.05, 3.63) is 30.1 Å². The predicted octanol–water partition coefficient (Wildman–Crippen LogP) is 2.11. The molecule has 3 heterocycles. The van der Waals surface area contributed by atoms with Gasteiger partial charge >= 0.3 is 0 Å². The summed E-state index contributed by atoms with van der Waals surface area (Å²) in [7, 11) is 1.96. The summed E-state index contributed by atoms with van der Waals surface area (Å²) in [5.74, 6) is 1.14. The molecule has 0 unspecified atom stereocenters. The maximum atomic E-state index is 12.4. The van der Waals surface area contributed by atoms with E-state index in [0.717, 1.165) is 30.6 Å². The molecule has 2 aliphatic heterocycles. The van der Waals surface area contributed by atoms with Crippen LogP contribution in [0.3, 0.4) is 0 Å². The highest BCUT2D eigenvalue weighted by Crippen LogP contribution is 2.24. The van der Waals surface area contributed by atoms with Crippen LogP contribution in [0.4, 0.5) is 0 Å². The maximum absolute atomic E-state index is 12.4. The Balaban J connectivity index is 1.45. The van der Waals surface area contributed by atoms with Gasteiger partial charge in [-0.05, 0) is 44.9 Å². The second-order valence-corrected chi connectivity index (χ2v) is 7.15. The molecule has 0 radical (unpaired) electrons. The Bertz CT molecular complexity index is 622. The fraction of sp³-hybridized carbons (Fsp3) is 0.600. The molecular formula is C20H29N3O3. The van der Waals surface area contributed by atoms with Crippen LogP contribution >= 0.6 is 0 Å². The van der Waals surface area contributed by atoms with Gasteiger partial charge in [0.1, 0.15) is 11.9 Å². The molecule has 0 aliphatic carbocycles. The Morgan fingerprint density at radius 2 is 2.19 bits per heavy atom. The minimum absolute atomic E-state index is 0.0594. The van der Waals surface area contributed by atoms with Gasteiger partial charge in [0, 0.05) is 31.4 Å². The molecule has 0 spiro atoms. The number of aromatic nitrogens is 1. The molecule has 2 saturated heterocycles. The van der Waals surface area contributed by atoms with Crippen LogP contribution in [0, 0.1) is 5.92 Å². The third-order valence-corrected chi connectivity index (χ3v) is 5.06. The first-order valence-corrected chi connectivity index (χ1v) is 9.47. The standard InChI is InChI=1S/C20H29N3O3/c1-15(21-2)4-3-5-16-10-18(12-22-11-16)26-19-13-23(14-19)20(24)17-6-8-25-9-7-17/h3,5,10-12,15,17,19,21H,4,6-9,13-14H2,1-2H3/b5-3+/t15-/m0/s1. The zero-order valence-corrected chi connectivity index (χ0v) is 15.7. The lowest BCUT2D eigenvalue weighted by Gasteiger charge is -2.41. The summed E-state index contributed by atoms with van der Waals surface area (Å²) in [5, 5.41) is 3.21. The van der Waals surface area contributed by atoms with Crippen molar-refractivity contribution in [1.29, 1.82) is 0 Å². The molecule has 1 atom stereocenters. The van der Waals surface area contributed by atoms with Gasteiger partial charge in [0.05, 0.1) is 19.3 Å². The van der Waals surface area contributed by atoms with E-state index in [9.17, 15) is 4.79 Å². The quantitative estimate of drug-likeness (QED) is 0.808. The normalized spacial score (nSPS) is 20.2. The second kappa shape index (κ2) is 9.14. The third kappa shape index (κ3) is 5.05. The van der Waals surface area contributed by atoms with Gasteiger partial charge in [-0.15, -0.1) is 0 Å². The number of hydrogen-bond acceptors (Lipinski definition) is 5. The molecule has 142 valence electrons. The number of nitrogens with zero attached hydrogens (tertiary/aromatic N) is 2. The number of carbonyl (C=O) groups excluding carboxylic acids is 1. The third-order valence-electron chi connectivity index (χ3n) is 5.06. The van der Waals surface area contributed by atoms with E-state index >= 15 is 0 Å². The Morgan fingerprint density at radius 1 is 1.42 bits per heavy atom. The number of carbonyl (C=O) groups is 1. The summed E-state index contributed by atoms with van der Waals surface area (Å²) in [5.41, 5.74) is 1.03. The highest BCUT2D eigenvalue weighted by atomic mass is 16.5. The van der Waals surface area contributed by atoms with Gasteiger partial charge in [0.2, 0.25) is 5.91 Å². The lowest BCUT2D eigenvalue weighted by Crippen LogP contribution is -2.58. The summed E-state index contributed by atoms with van der Waals surface area (Å²) in [6.45, 7) is 4.87. The van der Waals surface area contributed by atoms with Crippen molar-refractivity contribution in [3.8, 4) is 5.75 Å². The number of pyridine rings is 1. The summed E-state index contributed by atoms with van der Waals surface area (Å²) in [4.78, 5) is 18.6. The van der Waals surface area contributed by atoms with E-state index < -0.39 is 0 Å². The highest BCUT2D eigenvalue weighted by Gasteiger charge is 2.36. The van der Waals surface area contributed by atoms with Crippen LogP contribution in [0.15, 0.2) is 24.5 Å². The van der Waals surface area contributed by atoms with Crippen LogP contribution in [0.2, 0.25) is 0 Å². The molecule has 1 N–H and O–H groups in total. The van der Waals surface area contributed by atoms with Crippen molar-refractivity contribution in [2.24, 2.45) is 5.92 Å². The van der Waals surface area contributed by atoms with Crippen LogP contribution in [0.1, 0.15) is 31.7 Å². The van der Waals surface area contributed by atoms with Gasteiger partial charge in [0.25, 0.3) is 0 Å². The van der Waals surface area contributed by atoms with Crippen molar-refractivity contribution in [2.75, 3.05) is 33.4 Å². The van der Waals surface area contributed by atoms with Crippen LogP contribution in [-0.4, -0.2) is 61.3 Å². The maximum Gasteiger partial charge on any atom is 0.226 e.